The first kappa shape index (κ1) is 17.0. The Balaban J connectivity index is 1.52. The van der Waals surface area contributed by atoms with Crippen molar-refractivity contribution in [1.82, 2.24) is 15.0 Å². The molecule has 4 rings (SSSR count). The van der Waals surface area contributed by atoms with E-state index in [1.165, 1.54) is 5.56 Å². The number of nitrogens with zero attached hydrogens (tertiary/aromatic N) is 3. The van der Waals surface area contributed by atoms with Crippen LogP contribution in [0.1, 0.15) is 5.56 Å². The van der Waals surface area contributed by atoms with Crippen molar-refractivity contribution in [1.29, 1.82) is 0 Å². The molecule has 5 heteroatoms. The van der Waals surface area contributed by atoms with Gasteiger partial charge in [-0.05, 0) is 43.3 Å². The Kier molecular flexibility index (Phi) is 4.92. The van der Waals surface area contributed by atoms with Crippen LogP contribution in [0.5, 0.6) is 5.75 Å². The van der Waals surface area contributed by atoms with Gasteiger partial charge in [0.1, 0.15) is 18.2 Å². The van der Waals surface area contributed by atoms with Crippen LogP contribution in [0.3, 0.4) is 0 Å². The van der Waals surface area contributed by atoms with Gasteiger partial charge in [-0.25, -0.2) is 9.97 Å². The van der Waals surface area contributed by atoms with Crippen LogP contribution in [0.25, 0.3) is 22.3 Å². The number of anilines is 1. The van der Waals surface area contributed by atoms with E-state index in [4.69, 9.17) is 9.72 Å². The highest BCUT2D eigenvalue weighted by Crippen LogP contribution is 2.24. The average Bonchev–Trinajstić information content (AvgIpc) is 2.73. The van der Waals surface area contributed by atoms with Gasteiger partial charge in [0.25, 0.3) is 0 Å². The van der Waals surface area contributed by atoms with E-state index in [1.807, 2.05) is 60.7 Å². The summed E-state index contributed by atoms with van der Waals surface area (Å²) in [5.74, 6) is 2.32. The number of aromatic nitrogens is 3. The van der Waals surface area contributed by atoms with E-state index in [0.717, 1.165) is 28.0 Å². The van der Waals surface area contributed by atoms with Crippen molar-refractivity contribution in [3.63, 3.8) is 0 Å². The van der Waals surface area contributed by atoms with Crippen molar-refractivity contribution < 1.29 is 4.74 Å². The predicted molar refractivity (Wildman–Crippen MR) is 108 cm³/mol. The van der Waals surface area contributed by atoms with Gasteiger partial charge in [0.2, 0.25) is 0 Å². The maximum Gasteiger partial charge on any atom is 0.163 e. The van der Waals surface area contributed by atoms with Gasteiger partial charge < -0.3 is 10.1 Å². The smallest absolute Gasteiger partial charge is 0.163 e. The first-order valence-electron chi connectivity index (χ1n) is 8.90. The van der Waals surface area contributed by atoms with Crippen LogP contribution in [0.2, 0.25) is 0 Å². The highest BCUT2D eigenvalue weighted by molar-refractivity contribution is 5.90. The maximum atomic E-state index is 5.79. The van der Waals surface area contributed by atoms with E-state index in [2.05, 4.69) is 22.2 Å². The normalized spacial score (nSPS) is 10.7. The molecule has 0 amide bonds. The van der Waals surface area contributed by atoms with E-state index in [0.29, 0.717) is 19.0 Å². The Labute approximate surface area is 158 Å². The fourth-order valence-electron chi connectivity index (χ4n) is 2.81. The van der Waals surface area contributed by atoms with Crippen molar-refractivity contribution in [3.05, 3.63) is 78.6 Å². The summed E-state index contributed by atoms with van der Waals surface area (Å²) < 4.78 is 5.79. The quantitative estimate of drug-likeness (QED) is 0.516. The first-order valence-corrected chi connectivity index (χ1v) is 8.90. The number of ether oxygens (including phenoxy) is 1. The van der Waals surface area contributed by atoms with Crippen molar-refractivity contribution in [3.8, 4) is 17.1 Å². The second-order valence-corrected chi connectivity index (χ2v) is 6.24. The third-order valence-electron chi connectivity index (χ3n) is 4.21. The molecule has 134 valence electrons. The van der Waals surface area contributed by atoms with E-state index in [9.17, 15) is 0 Å². The summed E-state index contributed by atoms with van der Waals surface area (Å²) in [7, 11) is 0. The van der Waals surface area contributed by atoms with Gasteiger partial charge in [0.05, 0.1) is 12.1 Å². The molecule has 5 nitrogen and oxygen atoms in total. The standard InChI is InChI=1S/C22H20N4O/c1-16-8-10-18(11-9-16)27-14-13-24-22-19-6-2-3-7-20(19)25-21(26-22)17-5-4-12-23-15-17/h2-12,15H,13-14H2,1H3,(H,24,25,26). The van der Waals surface area contributed by atoms with E-state index in [-0.39, 0.29) is 0 Å². The van der Waals surface area contributed by atoms with E-state index < -0.39 is 0 Å². The molecule has 27 heavy (non-hydrogen) atoms. The second kappa shape index (κ2) is 7.83. The van der Waals surface area contributed by atoms with Gasteiger partial charge in [-0.15, -0.1) is 0 Å². The maximum absolute atomic E-state index is 5.79. The Morgan fingerprint density at radius 1 is 0.926 bits per heavy atom. The molecule has 0 radical (unpaired) electrons. The highest BCUT2D eigenvalue weighted by atomic mass is 16.5. The summed E-state index contributed by atoms with van der Waals surface area (Å²) in [4.78, 5) is 13.5. The molecule has 0 saturated carbocycles. The molecular formula is C22H20N4O. The van der Waals surface area contributed by atoms with Gasteiger partial charge in [-0.3, -0.25) is 4.98 Å². The summed E-state index contributed by atoms with van der Waals surface area (Å²) in [5.41, 5.74) is 3.01. The Bertz CT molecular complexity index is 1030. The monoisotopic (exact) mass is 356 g/mol. The van der Waals surface area contributed by atoms with Gasteiger partial charge in [0.15, 0.2) is 5.82 Å². The molecule has 2 aromatic heterocycles. The molecule has 1 N–H and O–H groups in total. The van der Waals surface area contributed by atoms with Crippen LogP contribution >= 0.6 is 0 Å². The number of aryl methyl sites for hydroxylation is 1. The van der Waals surface area contributed by atoms with Crippen LogP contribution in [0.4, 0.5) is 5.82 Å². The van der Waals surface area contributed by atoms with Gasteiger partial charge in [0, 0.05) is 23.3 Å². The molecular weight excluding hydrogens is 336 g/mol. The zero-order chi connectivity index (χ0) is 18.5. The van der Waals surface area contributed by atoms with Crippen molar-refractivity contribution >= 4 is 16.7 Å². The van der Waals surface area contributed by atoms with Crippen molar-refractivity contribution in [2.75, 3.05) is 18.5 Å². The lowest BCUT2D eigenvalue weighted by atomic mass is 10.2. The van der Waals surface area contributed by atoms with Crippen molar-refractivity contribution in [2.45, 2.75) is 6.92 Å². The minimum Gasteiger partial charge on any atom is -0.492 e. The van der Waals surface area contributed by atoms with Gasteiger partial charge in [-0.2, -0.15) is 0 Å². The predicted octanol–water partition coefficient (Wildman–Crippen LogP) is 4.49. The number of benzene rings is 2. The largest absolute Gasteiger partial charge is 0.492 e. The zero-order valence-corrected chi connectivity index (χ0v) is 15.1. The highest BCUT2D eigenvalue weighted by Gasteiger charge is 2.09. The Morgan fingerprint density at radius 3 is 2.59 bits per heavy atom. The molecule has 0 aliphatic heterocycles. The molecule has 2 heterocycles. The molecule has 0 bridgehead atoms. The lowest BCUT2D eigenvalue weighted by molar-refractivity contribution is 0.332. The molecule has 0 aliphatic carbocycles. The van der Waals surface area contributed by atoms with Crippen LogP contribution in [-0.4, -0.2) is 28.1 Å². The van der Waals surface area contributed by atoms with E-state index >= 15 is 0 Å². The lowest BCUT2D eigenvalue weighted by Gasteiger charge is -2.12. The summed E-state index contributed by atoms with van der Waals surface area (Å²) in [6.45, 7) is 3.25. The molecule has 4 aromatic rings. The molecule has 0 unspecified atom stereocenters. The number of fused-ring (bicyclic) bond motifs is 1. The summed E-state index contributed by atoms with van der Waals surface area (Å²) in [5, 5.41) is 4.37. The van der Waals surface area contributed by atoms with Gasteiger partial charge in [-0.1, -0.05) is 29.8 Å². The fourth-order valence-corrected chi connectivity index (χ4v) is 2.81. The van der Waals surface area contributed by atoms with Gasteiger partial charge >= 0.3 is 0 Å². The SMILES string of the molecule is Cc1ccc(OCCNc2nc(-c3cccnc3)nc3ccccc23)cc1. The number of hydrogen-bond donors (Lipinski definition) is 1. The number of hydrogen-bond acceptors (Lipinski definition) is 5. The number of rotatable bonds is 6. The summed E-state index contributed by atoms with van der Waals surface area (Å²) in [6, 6.07) is 19.9. The number of nitrogens with one attached hydrogen (secondary N) is 1. The van der Waals surface area contributed by atoms with Crippen LogP contribution in [-0.2, 0) is 0 Å². The van der Waals surface area contributed by atoms with Crippen LogP contribution in [0.15, 0.2) is 73.1 Å². The third kappa shape index (κ3) is 4.03. The zero-order valence-electron chi connectivity index (χ0n) is 15.1. The van der Waals surface area contributed by atoms with Crippen LogP contribution in [0, 0.1) is 6.92 Å². The topological polar surface area (TPSA) is 59.9 Å². The van der Waals surface area contributed by atoms with Crippen LogP contribution < -0.4 is 10.1 Å². The Hall–Kier alpha value is -3.47. The molecule has 0 aliphatic rings. The Morgan fingerprint density at radius 2 is 1.78 bits per heavy atom. The second-order valence-electron chi connectivity index (χ2n) is 6.24. The molecule has 2 aromatic carbocycles. The van der Waals surface area contributed by atoms with Crippen molar-refractivity contribution in [2.24, 2.45) is 0 Å². The first-order chi connectivity index (χ1) is 13.3. The average molecular weight is 356 g/mol. The summed E-state index contributed by atoms with van der Waals surface area (Å²) >= 11 is 0. The lowest BCUT2D eigenvalue weighted by Crippen LogP contribution is -2.13. The fraction of sp³-hybridized carbons (Fsp3) is 0.136. The minimum atomic E-state index is 0.545. The summed E-state index contributed by atoms with van der Waals surface area (Å²) in [6.07, 6.45) is 3.51. The molecule has 0 atom stereocenters. The molecule has 0 saturated heterocycles. The number of para-hydroxylation sites is 1. The molecule has 0 fully saturated rings. The molecule has 0 spiro atoms. The van der Waals surface area contributed by atoms with E-state index in [1.54, 1.807) is 12.4 Å². The minimum absolute atomic E-state index is 0.545. The number of pyridine rings is 1. The third-order valence-corrected chi connectivity index (χ3v) is 4.21.